The molecule has 4 nitrogen and oxygen atoms in total. The molecule has 0 saturated carbocycles. The molecule has 2 heterocycles. The van der Waals surface area contributed by atoms with Gasteiger partial charge in [0.05, 0.1) is 11.4 Å². The maximum absolute atomic E-state index is 5.01. The van der Waals surface area contributed by atoms with Crippen LogP contribution in [0.25, 0.3) is 34.0 Å². The summed E-state index contributed by atoms with van der Waals surface area (Å²) in [4.78, 5) is 5.01. The van der Waals surface area contributed by atoms with Gasteiger partial charge in [-0.1, -0.05) is 98.5 Å². The van der Waals surface area contributed by atoms with Crippen molar-refractivity contribution in [1.82, 2.24) is 10.3 Å². The summed E-state index contributed by atoms with van der Waals surface area (Å²) in [5, 5.41) is 9.94. The van der Waals surface area contributed by atoms with Gasteiger partial charge in [0.1, 0.15) is 6.17 Å². The van der Waals surface area contributed by atoms with Crippen LogP contribution in [0.5, 0.6) is 0 Å². The Morgan fingerprint density at radius 2 is 1.54 bits per heavy atom. The summed E-state index contributed by atoms with van der Waals surface area (Å²) in [6.07, 6.45) is 3.94. The van der Waals surface area contributed by atoms with Gasteiger partial charge in [0, 0.05) is 12.0 Å². The lowest BCUT2D eigenvalue weighted by molar-refractivity contribution is 0.827. The van der Waals surface area contributed by atoms with E-state index in [0.29, 0.717) is 0 Å². The molecule has 200 valence electrons. The van der Waals surface area contributed by atoms with Crippen molar-refractivity contribution in [3.8, 4) is 22.4 Å². The highest BCUT2D eigenvalue weighted by atomic mass is 15.2. The van der Waals surface area contributed by atoms with Gasteiger partial charge in [-0.05, 0) is 79.4 Å². The third kappa shape index (κ3) is 6.47. The normalized spacial score (nSPS) is 13.4. The van der Waals surface area contributed by atoms with Crippen molar-refractivity contribution in [2.75, 3.05) is 24.7 Å². The topological polar surface area (TPSA) is 49.0 Å². The van der Waals surface area contributed by atoms with Gasteiger partial charge in [-0.25, -0.2) is 4.98 Å². The summed E-state index contributed by atoms with van der Waals surface area (Å²) < 4.78 is 0. The number of allylic oxidation sites excluding steroid dienone is 1. The van der Waals surface area contributed by atoms with Gasteiger partial charge in [0.25, 0.3) is 0 Å². The molecule has 3 aromatic carbocycles. The van der Waals surface area contributed by atoms with Crippen LogP contribution in [0, 0.1) is 6.92 Å². The highest BCUT2D eigenvalue weighted by Crippen LogP contribution is 2.34. The largest absolute Gasteiger partial charge is 0.362 e. The number of aryl methyl sites for hydroxylation is 2. The lowest BCUT2D eigenvalue weighted by Crippen LogP contribution is -2.24. The van der Waals surface area contributed by atoms with E-state index in [1.165, 1.54) is 33.4 Å². The maximum Gasteiger partial charge on any atom is 0.151 e. The van der Waals surface area contributed by atoms with Gasteiger partial charge in [-0.15, -0.1) is 0 Å². The van der Waals surface area contributed by atoms with Crippen LogP contribution in [-0.4, -0.2) is 25.2 Å². The molecule has 4 aromatic rings. The molecule has 1 aromatic heterocycles. The van der Waals surface area contributed by atoms with Gasteiger partial charge in [-0.3, -0.25) is 0 Å². The number of nitrogens with zero attached hydrogens (tertiary/aromatic N) is 1. The molecule has 0 saturated heterocycles. The van der Waals surface area contributed by atoms with Crippen LogP contribution < -0.4 is 16.0 Å². The van der Waals surface area contributed by atoms with Gasteiger partial charge in [0.2, 0.25) is 0 Å². The predicted octanol–water partition coefficient (Wildman–Crippen LogP) is 8.20. The SMILES string of the molecule is C=Cc1cc(CC2Nc3cc(C)c(-c4ccc(-c5ccc(C(=C)C)cc5)cc4)nc3N2)ccc1CC.CNC. The highest BCUT2D eigenvalue weighted by Gasteiger charge is 2.23. The molecular formula is C35H40N4. The number of pyridine rings is 1. The monoisotopic (exact) mass is 516 g/mol. The van der Waals surface area contributed by atoms with Gasteiger partial charge in [-0.2, -0.15) is 0 Å². The quantitative estimate of drug-likeness (QED) is 0.232. The van der Waals surface area contributed by atoms with Gasteiger partial charge in [0.15, 0.2) is 5.82 Å². The number of nitrogens with one attached hydrogen (secondary N) is 3. The molecule has 4 heteroatoms. The first-order valence-corrected chi connectivity index (χ1v) is 13.6. The van der Waals surface area contributed by atoms with E-state index < -0.39 is 0 Å². The zero-order valence-electron chi connectivity index (χ0n) is 23.9. The lowest BCUT2D eigenvalue weighted by Gasteiger charge is -2.13. The van der Waals surface area contributed by atoms with Crippen molar-refractivity contribution in [3.63, 3.8) is 0 Å². The Hall–Kier alpha value is -4.15. The predicted molar refractivity (Wildman–Crippen MR) is 170 cm³/mol. The van der Waals surface area contributed by atoms with E-state index in [0.717, 1.165) is 46.7 Å². The van der Waals surface area contributed by atoms with E-state index in [-0.39, 0.29) is 6.17 Å². The maximum atomic E-state index is 5.01. The minimum atomic E-state index is 0.108. The minimum Gasteiger partial charge on any atom is -0.362 e. The summed E-state index contributed by atoms with van der Waals surface area (Å²) >= 11 is 0. The van der Waals surface area contributed by atoms with Crippen LogP contribution in [0.3, 0.4) is 0 Å². The third-order valence-corrected chi connectivity index (χ3v) is 6.97. The van der Waals surface area contributed by atoms with Gasteiger partial charge < -0.3 is 16.0 Å². The van der Waals surface area contributed by atoms with Crippen LogP contribution in [0.15, 0.2) is 86.0 Å². The number of anilines is 2. The molecule has 1 unspecified atom stereocenters. The fraction of sp³-hybridized carbons (Fsp3) is 0.229. The Morgan fingerprint density at radius 3 is 2.13 bits per heavy atom. The molecule has 1 aliphatic heterocycles. The van der Waals surface area contributed by atoms with Crippen molar-refractivity contribution >= 4 is 23.2 Å². The number of hydrogen-bond acceptors (Lipinski definition) is 4. The summed E-state index contributed by atoms with van der Waals surface area (Å²) in [6.45, 7) is 14.3. The van der Waals surface area contributed by atoms with E-state index in [9.17, 15) is 0 Å². The molecule has 1 atom stereocenters. The Labute approximate surface area is 233 Å². The number of rotatable bonds is 7. The Balaban J connectivity index is 0.00000112. The Bertz CT molecular complexity index is 1450. The van der Waals surface area contributed by atoms with Crippen molar-refractivity contribution in [3.05, 3.63) is 114 Å². The molecule has 3 N–H and O–H groups in total. The molecule has 0 bridgehead atoms. The van der Waals surface area contributed by atoms with Crippen LogP contribution >= 0.6 is 0 Å². The van der Waals surface area contributed by atoms with Crippen molar-refractivity contribution in [1.29, 1.82) is 0 Å². The fourth-order valence-corrected chi connectivity index (χ4v) is 4.90. The molecule has 1 aliphatic rings. The summed E-state index contributed by atoms with van der Waals surface area (Å²) in [5.41, 5.74) is 12.8. The van der Waals surface area contributed by atoms with Crippen LogP contribution in [0.2, 0.25) is 0 Å². The highest BCUT2D eigenvalue weighted by molar-refractivity contribution is 5.78. The standard InChI is InChI=1S/C33H33N3.C2H7N/c1-6-24-9-8-23(19-25(24)7-2)20-31-34-30-18-22(5)32(36-33(30)35-31)29-16-14-28(15-17-29)27-12-10-26(11-13-27)21(3)4;1-3-2/h7-19,31,34H,2-3,6,20H2,1,4-5H3,(H,35,36);3H,1-2H3. The first-order valence-electron chi connectivity index (χ1n) is 13.6. The van der Waals surface area contributed by atoms with Crippen LogP contribution in [0.1, 0.15) is 41.7 Å². The number of aromatic nitrogens is 1. The zero-order chi connectivity index (χ0) is 27.9. The third-order valence-electron chi connectivity index (χ3n) is 6.97. The van der Waals surface area contributed by atoms with Crippen molar-refractivity contribution < 1.29 is 0 Å². The van der Waals surface area contributed by atoms with E-state index in [2.05, 4.69) is 116 Å². The summed E-state index contributed by atoms with van der Waals surface area (Å²) in [6, 6.07) is 26.1. The molecule has 0 radical (unpaired) electrons. The average molecular weight is 517 g/mol. The van der Waals surface area contributed by atoms with E-state index in [4.69, 9.17) is 4.98 Å². The molecule has 0 spiro atoms. The minimum absolute atomic E-state index is 0.108. The van der Waals surface area contributed by atoms with E-state index in [1.54, 1.807) is 0 Å². The first-order chi connectivity index (χ1) is 18.9. The first kappa shape index (κ1) is 27.9. The fourth-order valence-electron chi connectivity index (χ4n) is 4.90. The lowest BCUT2D eigenvalue weighted by atomic mass is 9.99. The van der Waals surface area contributed by atoms with Crippen LogP contribution in [0.4, 0.5) is 11.5 Å². The van der Waals surface area contributed by atoms with Gasteiger partial charge >= 0.3 is 0 Å². The molecule has 0 fully saturated rings. The second-order valence-corrected chi connectivity index (χ2v) is 10.1. The molecule has 5 rings (SSSR count). The van der Waals surface area contributed by atoms with Crippen LogP contribution in [-0.2, 0) is 12.8 Å². The average Bonchev–Trinajstić information content (AvgIpc) is 3.34. The second-order valence-electron chi connectivity index (χ2n) is 10.1. The van der Waals surface area contributed by atoms with E-state index >= 15 is 0 Å². The molecule has 39 heavy (non-hydrogen) atoms. The smallest absolute Gasteiger partial charge is 0.151 e. The Kier molecular flexibility index (Phi) is 9.00. The van der Waals surface area contributed by atoms with E-state index in [1.807, 2.05) is 27.1 Å². The number of hydrogen-bond donors (Lipinski definition) is 3. The molecule has 0 amide bonds. The second kappa shape index (κ2) is 12.6. The molecule has 0 aliphatic carbocycles. The summed E-state index contributed by atoms with van der Waals surface area (Å²) in [5.74, 6) is 0.911. The summed E-state index contributed by atoms with van der Waals surface area (Å²) in [7, 11) is 3.75. The van der Waals surface area contributed by atoms with Crippen molar-refractivity contribution in [2.45, 2.75) is 39.8 Å². The van der Waals surface area contributed by atoms with Crippen molar-refractivity contribution in [2.24, 2.45) is 0 Å². The number of fused-ring (bicyclic) bond motifs is 1. The molecular weight excluding hydrogens is 476 g/mol. The zero-order valence-corrected chi connectivity index (χ0v) is 23.9. The number of benzene rings is 3. The Morgan fingerprint density at radius 1 is 0.923 bits per heavy atom.